The van der Waals surface area contributed by atoms with Crippen LogP contribution in [0.4, 0.5) is 4.79 Å². The van der Waals surface area contributed by atoms with Gasteiger partial charge in [0.15, 0.2) is 0 Å². The van der Waals surface area contributed by atoms with Gasteiger partial charge in [0.05, 0.1) is 11.6 Å². The van der Waals surface area contributed by atoms with Gasteiger partial charge in [-0.05, 0) is 37.7 Å². The summed E-state index contributed by atoms with van der Waals surface area (Å²) in [4.78, 5) is 19.4. The molecule has 9 heteroatoms. The number of imide groups is 1. The average molecular weight is 412 g/mol. The Morgan fingerprint density at radius 2 is 2.07 bits per heavy atom. The third kappa shape index (κ3) is 7.77. The zero-order valence-corrected chi connectivity index (χ0v) is 17.4. The van der Waals surface area contributed by atoms with Gasteiger partial charge < -0.3 is 10.1 Å². The molecule has 0 aliphatic heterocycles. The Labute approximate surface area is 167 Å². The van der Waals surface area contributed by atoms with Gasteiger partial charge in [-0.2, -0.15) is 12.8 Å². The fraction of sp³-hybridized carbons (Fsp3) is 0.579. The number of hydrogen-bond acceptors (Lipinski definition) is 6. The molecule has 0 spiro atoms. The molecule has 0 radical (unpaired) electrons. The first-order valence-corrected chi connectivity index (χ1v) is 10.3. The number of carbonyl (C=O) groups excluding carboxylic acids is 2. The number of rotatable bonds is 9. The summed E-state index contributed by atoms with van der Waals surface area (Å²) >= 11 is 0. The minimum atomic E-state index is -2.34. The lowest BCUT2D eigenvalue weighted by molar-refractivity contribution is -0.108. The summed E-state index contributed by atoms with van der Waals surface area (Å²) < 4.78 is 31.5. The lowest BCUT2D eigenvalue weighted by Gasteiger charge is -2.15. The molecule has 0 bridgehead atoms. The molecule has 1 aromatic carbocycles. The number of hydrogen-bond donors (Lipinski definition) is 2. The van der Waals surface area contributed by atoms with E-state index in [1.165, 1.54) is 12.6 Å². The molecule has 0 saturated heterocycles. The fourth-order valence-corrected chi connectivity index (χ4v) is 3.82. The second kappa shape index (κ2) is 12.2. The Bertz CT molecular complexity index is 742. The normalized spacial score (nSPS) is 20.8. The summed E-state index contributed by atoms with van der Waals surface area (Å²) in [5.74, 6) is 0.235. The Morgan fingerprint density at radius 1 is 1.39 bits per heavy atom. The molecule has 2 N–H and O–H groups in total. The minimum Gasteiger partial charge on any atom is -0.381 e. The molecule has 3 unspecified atom stereocenters. The smallest absolute Gasteiger partial charge is 0.320 e. The van der Waals surface area contributed by atoms with Crippen LogP contribution in [0.2, 0.25) is 0 Å². The monoisotopic (exact) mass is 411 g/mol. The van der Waals surface area contributed by atoms with E-state index in [9.17, 15) is 18.0 Å². The molecule has 1 aromatic rings. The van der Waals surface area contributed by atoms with Crippen LogP contribution in [0.15, 0.2) is 34.7 Å². The van der Waals surface area contributed by atoms with E-state index in [0.29, 0.717) is 6.41 Å². The summed E-state index contributed by atoms with van der Waals surface area (Å²) in [6, 6.07) is 9.57. The highest BCUT2D eigenvalue weighted by Crippen LogP contribution is 2.57. The number of carbonyl (C=O) groups is 2. The number of amides is 3. The van der Waals surface area contributed by atoms with E-state index < -0.39 is 22.1 Å². The van der Waals surface area contributed by atoms with E-state index in [-0.39, 0.29) is 12.0 Å². The number of urea groups is 1. The van der Waals surface area contributed by atoms with E-state index in [1.807, 2.05) is 23.5 Å². The van der Waals surface area contributed by atoms with E-state index in [1.54, 1.807) is 7.11 Å². The van der Waals surface area contributed by atoms with Gasteiger partial charge in [0, 0.05) is 20.1 Å². The standard InChI is InChI=1S/C16H23NO3S.C3H6N2O2/c1-3-14(20-2)10-7-11-16(17-21(18)19)12-15(16)13-8-5-4-6-9-13;1-4-3(7)5-2-6/h4-6,8-9,14-15H,3,7,10-12H2,1-2H3;2H,1H3,(H2,4,5,6,7). The summed E-state index contributed by atoms with van der Waals surface area (Å²) in [5, 5.41) is 4.05. The molecular formula is C19H29N3O5S. The third-order valence-electron chi connectivity index (χ3n) is 4.85. The highest BCUT2D eigenvalue weighted by Gasteiger charge is 2.55. The number of ether oxygens (including phenoxy) is 1. The fourth-order valence-electron chi connectivity index (χ4n) is 3.23. The van der Waals surface area contributed by atoms with Gasteiger partial charge in [-0.15, -0.1) is 0 Å². The number of nitrogens with zero attached hydrogens (tertiary/aromatic N) is 1. The van der Waals surface area contributed by atoms with Crippen molar-refractivity contribution in [3.05, 3.63) is 35.9 Å². The Hall–Kier alpha value is -2.26. The van der Waals surface area contributed by atoms with Crippen molar-refractivity contribution in [2.45, 2.75) is 56.6 Å². The largest absolute Gasteiger partial charge is 0.381 e. The highest BCUT2D eigenvalue weighted by molar-refractivity contribution is 7.61. The Balaban J connectivity index is 0.000000480. The number of methoxy groups -OCH3 is 1. The van der Waals surface area contributed by atoms with Crippen molar-refractivity contribution in [3.8, 4) is 0 Å². The Morgan fingerprint density at radius 3 is 2.54 bits per heavy atom. The van der Waals surface area contributed by atoms with Gasteiger partial charge in [-0.25, -0.2) is 4.79 Å². The Kier molecular flexibility index (Phi) is 10.4. The van der Waals surface area contributed by atoms with Crippen molar-refractivity contribution < 1.29 is 22.7 Å². The second-order valence-electron chi connectivity index (χ2n) is 6.58. The predicted octanol–water partition coefficient (Wildman–Crippen LogP) is 2.64. The molecule has 1 aliphatic rings. The van der Waals surface area contributed by atoms with E-state index >= 15 is 0 Å². The zero-order chi connectivity index (χ0) is 21.0. The summed E-state index contributed by atoms with van der Waals surface area (Å²) in [6.45, 7) is 2.10. The van der Waals surface area contributed by atoms with Crippen LogP contribution in [0.3, 0.4) is 0 Å². The van der Waals surface area contributed by atoms with Crippen LogP contribution in [0.25, 0.3) is 0 Å². The first kappa shape index (κ1) is 23.8. The van der Waals surface area contributed by atoms with Crippen LogP contribution in [0.1, 0.15) is 50.5 Å². The first-order valence-electron chi connectivity index (χ1n) is 9.24. The van der Waals surface area contributed by atoms with Crippen molar-refractivity contribution in [1.82, 2.24) is 10.6 Å². The molecule has 1 saturated carbocycles. The zero-order valence-electron chi connectivity index (χ0n) is 16.6. The number of nitrogens with one attached hydrogen (secondary N) is 2. The minimum absolute atomic E-state index is 0.235. The van der Waals surface area contributed by atoms with Crippen molar-refractivity contribution >= 4 is 22.9 Å². The molecule has 2 rings (SSSR count). The SMILES string of the molecule is CCC(CCCC1(N=S(=O)=O)CC1c1ccccc1)OC.CNC(=O)NC=O. The molecule has 0 aromatic heterocycles. The molecule has 28 heavy (non-hydrogen) atoms. The molecule has 0 heterocycles. The molecule has 1 aliphatic carbocycles. The molecule has 156 valence electrons. The van der Waals surface area contributed by atoms with Gasteiger partial charge >= 0.3 is 16.5 Å². The second-order valence-corrected chi connectivity index (χ2v) is 7.20. The van der Waals surface area contributed by atoms with Gasteiger partial charge in [-0.1, -0.05) is 37.3 Å². The molecule has 8 nitrogen and oxygen atoms in total. The maximum atomic E-state index is 11.0. The maximum absolute atomic E-state index is 11.0. The number of benzene rings is 1. The van der Waals surface area contributed by atoms with E-state index in [4.69, 9.17) is 4.74 Å². The quantitative estimate of drug-likeness (QED) is 0.606. The highest BCUT2D eigenvalue weighted by atomic mass is 32.2. The van der Waals surface area contributed by atoms with Gasteiger partial charge in [0.2, 0.25) is 6.41 Å². The van der Waals surface area contributed by atoms with Crippen LogP contribution in [0.5, 0.6) is 0 Å². The van der Waals surface area contributed by atoms with Crippen molar-refractivity contribution in [2.75, 3.05) is 14.2 Å². The molecule has 1 fully saturated rings. The van der Waals surface area contributed by atoms with Crippen molar-refractivity contribution in [2.24, 2.45) is 4.36 Å². The summed E-state index contributed by atoms with van der Waals surface area (Å²) in [6.07, 6.45) is 5.09. The van der Waals surface area contributed by atoms with E-state index in [2.05, 4.69) is 28.7 Å². The predicted molar refractivity (Wildman–Crippen MR) is 106 cm³/mol. The van der Waals surface area contributed by atoms with Crippen LogP contribution >= 0.6 is 0 Å². The summed E-state index contributed by atoms with van der Waals surface area (Å²) in [5.41, 5.74) is 0.769. The van der Waals surface area contributed by atoms with Gasteiger partial charge in [-0.3, -0.25) is 10.1 Å². The maximum Gasteiger partial charge on any atom is 0.320 e. The first-order chi connectivity index (χ1) is 13.4. The van der Waals surface area contributed by atoms with Crippen molar-refractivity contribution in [3.63, 3.8) is 0 Å². The molecule has 3 atom stereocenters. The lowest BCUT2D eigenvalue weighted by atomic mass is 10.00. The van der Waals surface area contributed by atoms with Crippen LogP contribution in [-0.4, -0.2) is 46.7 Å². The van der Waals surface area contributed by atoms with Crippen LogP contribution < -0.4 is 10.6 Å². The average Bonchev–Trinajstić information content (AvgIpc) is 3.39. The van der Waals surface area contributed by atoms with Gasteiger partial charge in [0.25, 0.3) is 0 Å². The molecular weight excluding hydrogens is 382 g/mol. The topological polar surface area (TPSA) is 114 Å². The lowest BCUT2D eigenvalue weighted by Crippen LogP contribution is -2.31. The van der Waals surface area contributed by atoms with Gasteiger partial charge in [0.1, 0.15) is 0 Å². The van der Waals surface area contributed by atoms with Crippen LogP contribution in [0, 0.1) is 0 Å². The van der Waals surface area contributed by atoms with Crippen molar-refractivity contribution in [1.29, 1.82) is 0 Å². The summed E-state index contributed by atoms with van der Waals surface area (Å²) in [7, 11) is 0.816. The molecule has 3 amide bonds. The van der Waals surface area contributed by atoms with E-state index in [0.717, 1.165) is 32.1 Å². The third-order valence-corrected chi connectivity index (χ3v) is 5.36. The van der Waals surface area contributed by atoms with Crippen LogP contribution in [-0.2, 0) is 20.0 Å².